The molecule has 0 radical (unpaired) electrons. The van der Waals surface area contributed by atoms with E-state index < -0.39 is 11.9 Å². The molecule has 0 unspecified atom stereocenters. The number of aliphatic carboxylic acids is 1. The lowest BCUT2D eigenvalue weighted by molar-refractivity contribution is -0.137. The average Bonchev–Trinajstić information content (AvgIpc) is 2.85. The van der Waals surface area contributed by atoms with Gasteiger partial charge in [0.05, 0.1) is 6.42 Å². The van der Waals surface area contributed by atoms with E-state index in [4.69, 9.17) is 16.3 Å². The second-order valence-electron chi connectivity index (χ2n) is 12.9. The molecule has 0 aromatic heterocycles. The fourth-order valence-corrected chi connectivity index (χ4v) is 6.66. The molecule has 0 saturated carbocycles. The third-order valence-electron chi connectivity index (χ3n) is 8.19. The molecule has 0 fully saturated rings. The van der Waals surface area contributed by atoms with Crippen molar-refractivity contribution in [3.8, 4) is 5.75 Å². The second-order valence-corrected chi connectivity index (χ2v) is 13.3. The number of carboxylic acid groups (broad SMARTS) is 1. The first-order valence-electron chi connectivity index (χ1n) is 13.9. The average molecular weight is 580 g/mol. The summed E-state index contributed by atoms with van der Waals surface area (Å²) in [5.41, 5.74) is 2.80. The summed E-state index contributed by atoms with van der Waals surface area (Å²) in [6.45, 7) is 8.24. The van der Waals surface area contributed by atoms with Gasteiger partial charge in [0, 0.05) is 64.0 Å². The van der Waals surface area contributed by atoms with Crippen LogP contribution in [0.15, 0.2) is 65.0 Å². The molecule has 2 aromatic rings. The van der Waals surface area contributed by atoms with E-state index >= 15 is 0 Å². The van der Waals surface area contributed by atoms with Crippen molar-refractivity contribution in [1.82, 2.24) is 4.90 Å². The number of rotatable bonds is 7. The van der Waals surface area contributed by atoms with Gasteiger partial charge >= 0.3 is 5.97 Å². The Morgan fingerprint density at radius 3 is 2.12 bits per heavy atom. The standard InChI is InChI=1S/C33H35ClFNO5/c1-32(2)14-23-30(25(37)16-32)29(31-24(36(23)12-11-28(39)40)15-33(3,4)17-26(31)38)21-13-20(34)9-10-27(21)41-18-19-7-5-6-8-22(19)35/h5-10,13,29H,11-12,14-18H2,1-4H3,(H,39,40). The highest BCUT2D eigenvalue weighted by Gasteiger charge is 2.49. The summed E-state index contributed by atoms with van der Waals surface area (Å²) in [4.78, 5) is 41.6. The number of halogens is 2. The first-order valence-corrected chi connectivity index (χ1v) is 14.3. The Labute approximate surface area is 244 Å². The Balaban J connectivity index is 1.71. The smallest absolute Gasteiger partial charge is 0.305 e. The van der Waals surface area contributed by atoms with Gasteiger partial charge < -0.3 is 14.7 Å². The Kier molecular flexibility index (Phi) is 7.62. The summed E-state index contributed by atoms with van der Waals surface area (Å²) in [5.74, 6) is -1.80. The van der Waals surface area contributed by atoms with Gasteiger partial charge in [-0.05, 0) is 47.9 Å². The molecule has 1 heterocycles. The summed E-state index contributed by atoms with van der Waals surface area (Å²) in [6, 6.07) is 11.5. The third-order valence-corrected chi connectivity index (χ3v) is 8.43. The first-order chi connectivity index (χ1) is 19.3. The number of Topliss-reactive ketones (excluding diaryl/α,β-unsaturated/α-hetero) is 2. The highest BCUT2D eigenvalue weighted by molar-refractivity contribution is 6.30. The van der Waals surface area contributed by atoms with Gasteiger partial charge in [-0.25, -0.2) is 4.39 Å². The maximum atomic E-state index is 14.4. The molecule has 6 nitrogen and oxygen atoms in total. The van der Waals surface area contributed by atoms with E-state index in [-0.39, 0.29) is 47.8 Å². The van der Waals surface area contributed by atoms with Crippen molar-refractivity contribution in [1.29, 1.82) is 0 Å². The van der Waals surface area contributed by atoms with Crippen molar-refractivity contribution in [3.05, 3.63) is 87.0 Å². The van der Waals surface area contributed by atoms with E-state index in [1.807, 2.05) is 32.6 Å². The van der Waals surface area contributed by atoms with Crippen LogP contribution in [0.5, 0.6) is 5.75 Å². The Bertz CT molecular complexity index is 1450. The van der Waals surface area contributed by atoms with Gasteiger partial charge in [0.2, 0.25) is 0 Å². The van der Waals surface area contributed by atoms with Crippen LogP contribution >= 0.6 is 11.6 Å². The van der Waals surface area contributed by atoms with Crippen molar-refractivity contribution in [2.75, 3.05) is 6.54 Å². The molecular weight excluding hydrogens is 545 g/mol. The number of ether oxygens (including phenoxy) is 1. The van der Waals surface area contributed by atoms with Gasteiger partial charge in [0.1, 0.15) is 18.2 Å². The number of hydrogen-bond donors (Lipinski definition) is 1. The lowest BCUT2D eigenvalue weighted by Crippen LogP contribution is -2.45. The van der Waals surface area contributed by atoms with Gasteiger partial charge in [-0.1, -0.05) is 57.5 Å². The van der Waals surface area contributed by atoms with E-state index in [0.717, 1.165) is 11.4 Å². The van der Waals surface area contributed by atoms with Crippen LogP contribution in [0.4, 0.5) is 4.39 Å². The van der Waals surface area contributed by atoms with Crippen LogP contribution in [0, 0.1) is 16.6 Å². The van der Waals surface area contributed by atoms with Crippen LogP contribution in [0.3, 0.4) is 0 Å². The third kappa shape index (κ3) is 5.82. The molecule has 2 aromatic carbocycles. The predicted octanol–water partition coefficient (Wildman–Crippen LogP) is 7.22. The first kappa shape index (κ1) is 29.1. The number of carbonyl (C=O) groups excluding carboxylic acids is 2. The van der Waals surface area contributed by atoms with Crippen molar-refractivity contribution in [2.24, 2.45) is 10.8 Å². The van der Waals surface area contributed by atoms with Crippen LogP contribution in [0.25, 0.3) is 0 Å². The van der Waals surface area contributed by atoms with E-state index in [1.54, 1.807) is 36.4 Å². The lowest BCUT2D eigenvalue weighted by atomic mass is 9.63. The number of hydrogen-bond acceptors (Lipinski definition) is 5. The summed E-state index contributed by atoms with van der Waals surface area (Å²) in [6.07, 6.45) is 1.57. The van der Waals surface area contributed by atoms with Crippen molar-refractivity contribution < 1.29 is 28.6 Å². The van der Waals surface area contributed by atoms with Crippen LogP contribution in [0.2, 0.25) is 5.02 Å². The lowest BCUT2D eigenvalue weighted by Gasteiger charge is -2.49. The van der Waals surface area contributed by atoms with Gasteiger partial charge in [-0.3, -0.25) is 14.4 Å². The second kappa shape index (κ2) is 10.8. The Hall–Kier alpha value is -3.45. The number of nitrogens with zero attached hydrogens (tertiary/aromatic N) is 1. The molecule has 0 amide bonds. The molecule has 0 spiro atoms. The quantitative estimate of drug-likeness (QED) is 0.373. The molecule has 0 bridgehead atoms. The van der Waals surface area contributed by atoms with Crippen molar-refractivity contribution in [3.63, 3.8) is 0 Å². The molecule has 5 rings (SSSR count). The number of allylic oxidation sites excluding steroid dienone is 4. The molecule has 1 aliphatic heterocycles. The largest absolute Gasteiger partial charge is 0.488 e. The highest BCUT2D eigenvalue weighted by atomic mass is 35.5. The van der Waals surface area contributed by atoms with Crippen molar-refractivity contribution in [2.45, 2.75) is 72.3 Å². The highest BCUT2D eigenvalue weighted by Crippen LogP contribution is 2.55. The molecular formula is C33H35ClFNO5. The molecule has 216 valence electrons. The summed E-state index contributed by atoms with van der Waals surface area (Å²) >= 11 is 6.51. The van der Waals surface area contributed by atoms with Crippen LogP contribution in [0.1, 0.15) is 76.8 Å². The SMILES string of the molecule is CC1(C)CC(=O)C2=C(C1)N(CCC(=O)O)C1=C(C(=O)CC(C)(C)C1)C2c1cc(Cl)ccc1OCc1ccccc1F. The topological polar surface area (TPSA) is 83.9 Å². The minimum Gasteiger partial charge on any atom is -0.488 e. The number of carboxylic acids is 1. The Morgan fingerprint density at radius 2 is 1.56 bits per heavy atom. The monoisotopic (exact) mass is 579 g/mol. The fourth-order valence-electron chi connectivity index (χ4n) is 6.48. The van der Waals surface area contributed by atoms with E-state index in [1.165, 1.54) is 6.07 Å². The van der Waals surface area contributed by atoms with Gasteiger partial charge in [0.15, 0.2) is 11.6 Å². The van der Waals surface area contributed by atoms with Gasteiger partial charge in [-0.15, -0.1) is 0 Å². The van der Waals surface area contributed by atoms with Crippen molar-refractivity contribution >= 4 is 29.1 Å². The molecule has 0 atom stereocenters. The van der Waals surface area contributed by atoms with E-state index in [2.05, 4.69) is 0 Å². The molecule has 2 aliphatic carbocycles. The maximum absolute atomic E-state index is 14.4. The Morgan fingerprint density at radius 1 is 0.976 bits per heavy atom. The van der Waals surface area contributed by atoms with Gasteiger partial charge in [0.25, 0.3) is 0 Å². The van der Waals surface area contributed by atoms with Crippen LogP contribution in [-0.4, -0.2) is 34.1 Å². The fraction of sp³-hybridized carbons (Fsp3) is 0.424. The zero-order valence-corrected chi connectivity index (χ0v) is 24.6. The minimum absolute atomic E-state index is 0.0431. The van der Waals surface area contributed by atoms with Crippen LogP contribution in [-0.2, 0) is 21.0 Å². The zero-order chi connectivity index (χ0) is 29.7. The normalized spacial score (nSPS) is 20.2. The number of benzene rings is 2. The number of carbonyl (C=O) groups is 3. The predicted molar refractivity (Wildman–Crippen MR) is 154 cm³/mol. The summed E-state index contributed by atoms with van der Waals surface area (Å²) in [7, 11) is 0. The maximum Gasteiger partial charge on any atom is 0.305 e. The molecule has 0 saturated heterocycles. The summed E-state index contributed by atoms with van der Waals surface area (Å²) in [5, 5.41) is 9.98. The minimum atomic E-state index is -0.946. The number of ketones is 2. The summed E-state index contributed by atoms with van der Waals surface area (Å²) < 4.78 is 20.6. The van der Waals surface area contributed by atoms with E-state index in [0.29, 0.717) is 58.7 Å². The molecule has 8 heteroatoms. The van der Waals surface area contributed by atoms with Crippen LogP contribution < -0.4 is 4.74 Å². The molecule has 3 aliphatic rings. The van der Waals surface area contributed by atoms with E-state index in [9.17, 15) is 23.9 Å². The molecule has 41 heavy (non-hydrogen) atoms. The zero-order valence-electron chi connectivity index (χ0n) is 23.9. The molecule has 1 N–H and O–H groups in total. The van der Waals surface area contributed by atoms with Gasteiger partial charge in [-0.2, -0.15) is 0 Å².